The number of hydrogen-bond donors (Lipinski definition) is 8. The Labute approximate surface area is 795 Å². The molecule has 7 aliphatic rings. The fraction of sp³-hybridized carbons (Fsp3) is 0.620. The number of ether oxygens (including phenoxy) is 6. The van der Waals surface area contributed by atoms with E-state index in [1.807, 2.05) is 97.0 Å². The molecular formula is C108H158ClN9O14. The van der Waals surface area contributed by atoms with Crippen molar-refractivity contribution in [2.75, 3.05) is 78.5 Å². The van der Waals surface area contributed by atoms with Crippen LogP contribution in [0.3, 0.4) is 0 Å². The molecule has 24 heteroatoms. The normalized spacial score (nSPS) is 17.8. The van der Waals surface area contributed by atoms with Crippen molar-refractivity contribution in [3.8, 4) is 29.7 Å². The summed E-state index contributed by atoms with van der Waals surface area (Å²) in [5.74, 6) is 1.01. The fourth-order valence-corrected chi connectivity index (χ4v) is 18.1. The van der Waals surface area contributed by atoms with E-state index in [1.54, 1.807) is 42.5 Å². The molecule has 0 spiro atoms. The molecule has 11 rings (SSSR count). The lowest BCUT2D eigenvalue weighted by Crippen LogP contribution is -2.44. The molecule has 6 saturated heterocycles. The summed E-state index contributed by atoms with van der Waals surface area (Å²) < 4.78 is 34.5. The molecular weight excluding hydrogens is 1680 g/mol. The molecule has 4 aromatic rings. The quantitative estimate of drug-likeness (QED) is 0.00548. The lowest BCUT2D eigenvalue weighted by molar-refractivity contribution is -0.166. The van der Waals surface area contributed by atoms with E-state index < -0.39 is 39.8 Å². The van der Waals surface area contributed by atoms with E-state index in [4.69, 9.17) is 45.3 Å². The van der Waals surface area contributed by atoms with E-state index in [1.165, 1.54) is 61.3 Å². The predicted octanol–water partition coefficient (Wildman–Crippen LogP) is 20.5. The van der Waals surface area contributed by atoms with Crippen molar-refractivity contribution < 1.29 is 67.4 Å². The Hall–Kier alpha value is -9.22. The molecule has 7 fully saturated rings. The van der Waals surface area contributed by atoms with Crippen LogP contribution < -0.4 is 31.9 Å². The Morgan fingerprint density at radius 3 is 1.27 bits per heavy atom. The van der Waals surface area contributed by atoms with Crippen molar-refractivity contribution in [2.45, 2.75) is 310 Å². The molecule has 1 saturated carbocycles. The van der Waals surface area contributed by atoms with Crippen LogP contribution in [-0.2, 0) is 57.8 Å². The Balaban J connectivity index is 0.000000244. The largest absolute Gasteiger partial charge is 0.508 e. The maximum Gasteiger partial charge on any atom is 0.349 e. The zero-order valence-corrected chi connectivity index (χ0v) is 83.1. The second-order valence-electron chi connectivity index (χ2n) is 40.1. The Kier molecular flexibility index (Phi) is 47.0. The predicted molar refractivity (Wildman–Crippen MR) is 525 cm³/mol. The summed E-state index contributed by atoms with van der Waals surface area (Å²) in [5.41, 5.74) is 1.67. The number of carbonyl (C=O) groups excluding carboxylic acids is 6. The second-order valence-corrected chi connectivity index (χ2v) is 40.6. The van der Waals surface area contributed by atoms with Gasteiger partial charge in [-0.2, -0.15) is 15.8 Å². The van der Waals surface area contributed by atoms with E-state index in [0.717, 1.165) is 212 Å². The topological polar surface area (TPSA) is 342 Å². The van der Waals surface area contributed by atoms with Gasteiger partial charge in [-0.25, -0.2) is 14.4 Å². The summed E-state index contributed by atoms with van der Waals surface area (Å²) in [4.78, 5) is 74.0. The number of nitrogens with one attached hydrogen (secondary N) is 6. The maximum absolute atomic E-state index is 12.8. The summed E-state index contributed by atoms with van der Waals surface area (Å²) in [7, 11) is 0. The number of benzene rings is 4. The fourth-order valence-electron chi connectivity index (χ4n) is 17.9. The Morgan fingerprint density at radius 2 is 0.864 bits per heavy atom. The van der Waals surface area contributed by atoms with E-state index in [0.29, 0.717) is 64.1 Å². The highest BCUT2D eigenvalue weighted by atomic mass is 35.5. The van der Waals surface area contributed by atoms with Crippen LogP contribution in [0.1, 0.15) is 303 Å². The molecule has 726 valence electrons. The van der Waals surface area contributed by atoms with Gasteiger partial charge < -0.3 is 70.5 Å². The van der Waals surface area contributed by atoms with Crippen LogP contribution in [0.25, 0.3) is 12.2 Å². The molecule has 2 atom stereocenters. The van der Waals surface area contributed by atoms with Gasteiger partial charge in [-0.05, 0) is 393 Å². The van der Waals surface area contributed by atoms with Gasteiger partial charge in [-0.1, -0.05) is 104 Å². The van der Waals surface area contributed by atoms with Gasteiger partial charge in [-0.15, -0.1) is 6.58 Å². The van der Waals surface area contributed by atoms with Crippen molar-refractivity contribution >= 4 is 59.6 Å². The van der Waals surface area contributed by atoms with Gasteiger partial charge in [0.2, 0.25) is 0 Å². The van der Waals surface area contributed by atoms with Crippen molar-refractivity contribution in [1.82, 2.24) is 31.9 Å². The van der Waals surface area contributed by atoms with Crippen LogP contribution in [0.15, 0.2) is 133 Å². The number of phenols is 2. The average Bonchev–Trinajstić information content (AvgIpc) is 1.59. The Bertz CT molecular complexity index is 4470. The zero-order valence-electron chi connectivity index (χ0n) is 82.3. The van der Waals surface area contributed by atoms with E-state index in [2.05, 4.69) is 113 Å². The number of esters is 6. The number of carbonyl (C=O) groups is 6. The first-order chi connectivity index (χ1) is 62.6. The monoisotopic (exact) mass is 1840 g/mol. The number of allylic oxidation sites excluding steroid dienone is 3. The number of rotatable bonds is 33. The smallest absolute Gasteiger partial charge is 0.349 e. The van der Waals surface area contributed by atoms with Crippen molar-refractivity contribution in [3.63, 3.8) is 0 Å². The highest BCUT2D eigenvalue weighted by molar-refractivity contribution is 6.30. The highest BCUT2D eigenvalue weighted by Crippen LogP contribution is 2.51. The standard InChI is InChI=1S/C18H24ClNO2.2C18H22N2O3.C18H24N2O2.2C18H33NO2/c1-17(2,13-7-11-20-12-8-13)22-16(21)18(9-10-18)14-3-5-15(19)6-4-14;1-18(2,15-7-9-20-10-8-15)23-17(22)14(12-19)11-13-3-5-16(21)6-4-13;1-18(2,15-6-8-20-9-7-15)23-17(22)14(12-19)10-13-4-3-5-16(21)11-13;1-13(12-19)14-5-4-6-15(11-14)17(21)22-18(2,3)16-7-9-20-10-8-16;1-14(2)7-6-8-15(3)13-17(20)21-18(4,5)16-9-11-19-12-10-16;1-4-5-6-7-8-9-10-11-17(20)21-18(2,3)16-12-14-19-15-13-16/h3-6,13,20H,7-12H2,1-2H3;3-6,11,15,20-21H,7-10H2,1-2H3;3-5,10-11,15,20-21H,6-9H2,1-2H3;4-6,11,13,16,20H,7-10H2,1-3H3;7,15-16,19H,6,8-13H2,1-5H3;4,16,19H,1,5-15H2,2-3H3/b;14-11+;14-10+;;;. The summed E-state index contributed by atoms with van der Waals surface area (Å²) in [6, 6.07) is 33.4. The van der Waals surface area contributed by atoms with Crippen LogP contribution in [0.2, 0.25) is 5.02 Å². The number of hydrogen-bond acceptors (Lipinski definition) is 23. The van der Waals surface area contributed by atoms with Crippen molar-refractivity contribution in [3.05, 3.63) is 165 Å². The minimum Gasteiger partial charge on any atom is -0.508 e. The molecule has 132 heavy (non-hydrogen) atoms. The van der Waals surface area contributed by atoms with Gasteiger partial charge in [0.15, 0.2) is 0 Å². The zero-order chi connectivity index (χ0) is 97.1. The Morgan fingerprint density at radius 1 is 0.470 bits per heavy atom. The minimum atomic E-state index is -0.626. The van der Waals surface area contributed by atoms with Crippen LogP contribution >= 0.6 is 11.6 Å². The molecule has 2 unspecified atom stereocenters. The van der Waals surface area contributed by atoms with Gasteiger partial charge in [0.25, 0.3) is 0 Å². The number of nitrogens with zero attached hydrogens (tertiary/aromatic N) is 3. The molecule has 0 aromatic heterocycles. The second kappa shape index (κ2) is 55.6. The third-order valence-corrected chi connectivity index (χ3v) is 27.3. The van der Waals surface area contributed by atoms with E-state index in [-0.39, 0.29) is 75.5 Å². The summed E-state index contributed by atoms with van der Waals surface area (Å²) in [6.45, 7) is 47.6. The van der Waals surface area contributed by atoms with Crippen molar-refractivity contribution in [1.29, 1.82) is 15.8 Å². The number of phenolic OH excluding ortho intramolecular Hbond substituents is 2. The summed E-state index contributed by atoms with van der Waals surface area (Å²) >= 11 is 5.95. The maximum atomic E-state index is 12.8. The number of nitriles is 3. The van der Waals surface area contributed by atoms with Crippen LogP contribution in [0.5, 0.6) is 11.5 Å². The first-order valence-corrected chi connectivity index (χ1v) is 48.9. The molecule has 0 amide bonds. The molecule has 6 heterocycles. The SMILES string of the molecule is C=CCCCCCCCC(=O)OC(C)(C)C1CCNCC1.CC(C#N)c1cccc(C(=O)OC(C)(C)C2CCNCC2)c1.CC(C)(OC(=O)/C(C#N)=C/c1ccc(O)cc1)C1CCNCC1.CC(C)(OC(=O)/C(C#N)=C/c1cccc(O)c1)C1CCNCC1.CC(C)(OC(=O)C1(c2ccc(Cl)cc2)CC1)C1CCNCC1.CC(C)=CCCC(C)CC(=O)OC(C)(C)C1CCNCC1. The van der Waals surface area contributed by atoms with Gasteiger partial charge >= 0.3 is 35.8 Å². The lowest BCUT2D eigenvalue weighted by atomic mass is 9.83. The van der Waals surface area contributed by atoms with Crippen molar-refractivity contribution in [2.24, 2.45) is 41.4 Å². The minimum absolute atomic E-state index is 0.0235. The molecule has 4 aromatic carbocycles. The average molecular weight is 1840 g/mol. The molecule has 0 radical (unpaired) electrons. The number of unbranched alkanes of at least 4 members (excludes halogenated alkanes) is 5. The molecule has 23 nitrogen and oxygen atoms in total. The van der Waals surface area contributed by atoms with Gasteiger partial charge in [-0.3, -0.25) is 14.4 Å². The van der Waals surface area contributed by atoms with Crippen LogP contribution in [0.4, 0.5) is 0 Å². The van der Waals surface area contributed by atoms with Gasteiger partial charge in [0.05, 0.1) is 23.0 Å². The number of piperidine rings is 6. The summed E-state index contributed by atoms with van der Waals surface area (Å²) in [5, 5.41) is 66.9. The lowest BCUT2D eigenvalue weighted by Gasteiger charge is -2.37. The van der Waals surface area contributed by atoms with E-state index in [9.17, 15) is 49.5 Å². The van der Waals surface area contributed by atoms with Gasteiger partial charge in [0, 0.05) is 53.4 Å². The number of halogens is 1. The summed E-state index contributed by atoms with van der Waals surface area (Å²) in [6.07, 6.45) is 31.2. The van der Waals surface area contributed by atoms with Gasteiger partial charge in [0.1, 0.15) is 68.4 Å². The first-order valence-electron chi connectivity index (χ1n) is 48.5. The molecule has 1 aliphatic carbocycles. The molecule has 0 bridgehead atoms. The first kappa shape index (κ1) is 112. The highest BCUT2D eigenvalue weighted by Gasteiger charge is 2.55. The third kappa shape index (κ3) is 39.0. The molecule has 6 aliphatic heterocycles. The van der Waals surface area contributed by atoms with Crippen LogP contribution in [-0.4, -0.2) is 158 Å². The molecule has 8 N–H and O–H groups in total. The number of aromatic hydroxyl groups is 2. The van der Waals surface area contributed by atoms with Crippen LogP contribution in [0, 0.1) is 75.4 Å². The van der Waals surface area contributed by atoms with E-state index >= 15 is 0 Å². The third-order valence-electron chi connectivity index (χ3n) is 27.0.